The maximum Gasteiger partial charge on any atom is 0.227 e. The minimum absolute atomic E-state index is 0.0444. The summed E-state index contributed by atoms with van der Waals surface area (Å²) in [6.45, 7) is 1.43. The molecule has 1 atom stereocenters. The summed E-state index contributed by atoms with van der Waals surface area (Å²) < 4.78 is 39.1. The Morgan fingerprint density at radius 2 is 2.12 bits per heavy atom. The highest BCUT2D eigenvalue weighted by atomic mass is 35.5. The molecule has 0 saturated carbocycles. The fourth-order valence-corrected chi connectivity index (χ4v) is 3.58. The Labute approximate surface area is 187 Å². The molecule has 10 heteroatoms. The van der Waals surface area contributed by atoms with Crippen LogP contribution in [0.3, 0.4) is 0 Å². The molecular weight excluding hydrogens is 442 g/mol. The lowest BCUT2D eigenvalue weighted by Gasteiger charge is -2.17. The van der Waals surface area contributed by atoms with Gasteiger partial charge in [-0.25, -0.2) is 18.7 Å². The third-order valence-corrected chi connectivity index (χ3v) is 5.34. The first-order chi connectivity index (χ1) is 15.5. The van der Waals surface area contributed by atoms with Gasteiger partial charge in [-0.1, -0.05) is 11.6 Å². The van der Waals surface area contributed by atoms with Crippen LogP contribution in [0.15, 0.2) is 42.7 Å². The van der Waals surface area contributed by atoms with E-state index in [1.807, 2.05) is 4.90 Å². The van der Waals surface area contributed by atoms with Crippen LogP contribution >= 0.6 is 11.6 Å². The van der Waals surface area contributed by atoms with Crippen LogP contribution in [0.25, 0.3) is 10.9 Å². The van der Waals surface area contributed by atoms with E-state index < -0.39 is 16.7 Å². The molecule has 2 heterocycles. The first-order valence-corrected chi connectivity index (χ1v) is 10.1. The van der Waals surface area contributed by atoms with Crippen LogP contribution in [-0.4, -0.2) is 47.5 Å². The summed E-state index contributed by atoms with van der Waals surface area (Å²) in [5.41, 5.74) is 0.499. The SMILES string of the molecule is COc1cc2nc(Nc3ccc(F)c(Cl)c3F)ncc2cc1O[C@@H]1CCN(/C=C/C=O)C1. The number of fused-ring (bicyclic) bond motifs is 1. The summed E-state index contributed by atoms with van der Waals surface area (Å²) in [6.07, 6.45) is 6.23. The second-order valence-electron chi connectivity index (χ2n) is 7.10. The average Bonchev–Trinajstić information content (AvgIpc) is 3.25. The van der Waals surface area contributed by atoms with Gasteiger partial charge in [-0.05, 0) is 24.3 Å². The molecule has 0 spiro atoms. The summed E-state index contributed by atoms with van der Waals surface area (Å²) in [6, 6.07) is 5.75. The zero-order chi connectivity index (χ0) is 22.7. The van der Waals surface area contributed by atoms with Crippen LogP contribution in [-0.2, 0) is 4.79 Å². The molecule has 3 aromatic rings. The number of nitrogens with zero attached hydrogens (tertiary/aromatic N) is 3. The van der Waals surface area contributed by atoms with Crippen LogP contribution in [0.4, 0.5) is 20.4 Å². The van der Waals surface area contributed by atoms with Crippen molar-refractivity contribution in [3.8, 4) is 11.5 Å². The van der Waals surface area contributed by atoms with Gasteiger partial charge in [-0.2, -0.15) is 0 Å². The number of aldehydes is 1. The topological polar surface area (TPSA) is 76.6 Å². The molecule has 1 fully saturated rings. The average molecular weight is 461 g/mol. The molecule has 1 aliphatic heterocycles. The molecule has 1 aliphatic rings. The normalized spacial score (nSPS) is 16.0. The van der Waals surface area contributed by atoms with Gasteiger partial charge in [0.1, 0.15) is 23.2 Å². The third-order valence-electron chi connectivity index (χ3n) is 4.99. The van der Waals surface area contributed by atoms with E-state index >= 15 is 0 Å². The molecule has 32 heavy (non-hydrogen) atoms. The number of rotatable bonds is 7. The molecule has 4 rings (SSSR count). The molecule has 1 saturated heterocycles. The van der Waals surface area contributed by atoms with Gasteiger partial charge in [0.05, 0.1) is 24.9 Å². The molecule has 2 aromatic carbocycles. The number of likely N-dealkylation sites (tertiary alicyclic amines) is 1. The summed E-state index contributed by atoms with van der Waals surface area (Å²) in [4.78, 5) is 21.1. The Balaban J connectivity index is 1.56. The number of carbonyl (C=O) groups is 1. The number of carbonyl (C=O) groups excluding carboxylic acids is 1. The second kappa shape index (κ2) is 9.35. The Morgan fingerprint density at radius 1 is 1.28 bits per heavy atom. The van der Waals surface area contributed by atoms with Gasteiger partial charge in [-0.15, -0.1) is 0 Å². The third kappa shape index (κ3) is 4.57. The highest BCUT2D eigenvalue weighted by Crippen LogP contribution is 2.34. The number of halogens is 3. The number of allylic oxidation sites excluding steroid dienone is 1. The van der Waals surface area contributed by atoms with Crippen molar-refractivity contribution in [1.29, 1.82) is 0 Å². The summed E-state index contributed by atoms with van der Waals surface area (Å²) in [5, 5.41) is 2.80. The predicted octanol–water partition coefficient (Wildman–Crippen LogP) is 4.48. The van der Waals surface area contributed by atoms with Crippen molar-refractivity contribution in [2.45, 2.75) is 12.5 Å². The molecule has 0 amide bonds. The maximum atomic E-state index is 14.2. The Kier molecular flexibility index (Phi) is 6.36. The molecular formula is C22H19ClF2N4O3. The van der Waals surface area contributed by atoms with E-state index in [0.29, 0.717) is 28.9 Å². The number of hydrogen-bond donors (Lipinski definition) is 1. The highest BCUT2D eigenvalue weighted by Gasteiger charge is 2.23. The van der Waals surface area contributed by atoms with Crippen molar-refractivity contribution in [3.63, 3.8) is 0 Å². The lowest BCUT2D eigenvalue weighted by molar-refractivity contribution is -0.104. The fraction of sp³-hybridized carbons (Fsp3) is 0.227. The maximum absolute atomic E-state index is 14.2. The van der Waals surface area contributed by atoms with Gasteiger partial charge in [-0.3, -0.25) is 4.79 Å². The number of anilines is 2. The molecule has 1 aromatic heterocycles. The molecule has 0 unspecified atom stereocenters. The Bertz CT molecular complexity index is 1190. The first-order valence-electron chi connectivity index (χ1n) is 9.76. The van der Waals surface area contributed by atoms with Gasteiger partial charge in [0.2, 0.25) is 5.95 Å². The van der Waals surface area contributed by atoms with E-state index in [1.165, 1.54) is 19.3 Å². The zero-order valence-corrected chi connectivity index (χ0v) is 17.8. The summed E-state index contributed by atoms with van der Waals surface area (Å²) in [7, 11) is 1.53. The van der Waals surface area contributed by atoms with Crippen molar-refractivity contribution in [2.75, 3.05) is 25.5 Å². The van der Waals surface area contributed by atoms with Crippen LogP contribution in [0.2, 0.25) is 5.02 Å². The van der Waals surface area contributed by atoms with Gasteiger partial charge in [0.25, 0.3) is 0 Å². The minimum atomic E-state index is -0.926. The van der Waals surface area contributed by atoms with Crippen molar-refractivity contribution < 1.29 is 23.0 Å². The standard InChI is InChI=1S/C22H19ClF2N4O3/c1-31-18-10-17-13(9-19(18)32-14-5-7-29(12-14)6-2-8-30)11-26-22(28-17)27-16-4-3-15(24)20(23)21(16)25/h2-4,6,8-11,14H,5,7,12H2,1H3,(H,26,27,28)/b6-2+/t14-/m1/s1. The lowest BCUT2D eigenvalue weighted by atomic mass is 10.2. The Morgan fingerprint density at radius 3 is 2.91 bits per heavy atom. The predicted molar refractivity (Wildman–Crippen MR) is 117 cm³/mol. The summed E-state index contributed by atoms with van der Waals surface area (Å²) in [5.74, 6) is -0.628. The second-order valence-corrected chi connectivity index (χ2v) is 7.48. The smallest absolute Gasteiger partial charge is 0.227 e. The molecule has 0 bridgehead atoms. The monoisotopic (exact) mass is 460 g/mol. The number of ether oxygens (including phenoxy) is 2. The minimum Gasteiger partial charge on any atom is -0.493 e. The fourth-order valence-electron chi connectivity index (χ4n) is 3.42. The first kappa shape index (κ1) is 21.8. The van der Waals surface area contributed by atoms with Gasteiger partial charge in [0, 0.05) is 36.8 Å². The lowest BCUT2D eigenvalue weighted by Crippen LogP contribution is -2.21. The number of nitrogens with one attached hydrogen (secondary N) is 1. The van der Waals surface area contributed by atoms with Crippen LogP contribution in [0.5, 0.6) is 11.5 Å². The highest BCUT2D eigenvalue weighted by molar-refractivity contribution is 6.31. The van der Waals surface area contributed by atoms with E-state index in [-0.39, 0.29) is 17.7 Å². The Hall–Kier alpha value is -3.46. The van der Waals surface area contributed by atoms with Gasteiger partial charge >= 0.3 is 0 Å². The van der Waals surface area contributed by atoms with Crippen LogP contribution < -0.4 is 14.8 Å². The molecule has 166 valence electrons. The quantitative estimate of drug-likeness (QED) is 0.316. The van der Waals surface area contributed by atoms with Crippen LogP contribution in [0.1, 0.15) is 6.42 Å². The van der Waals surface area contributed by atoms with Crippen molar-refractivity contribution >= 4 is 40.4 Å². The molecule has 0 aliphatic carbocycles. The van der Waals surface area contributed by atoms with E-state index in [0.717, 1.165) is 25.3 Å². The zero-order valence-electron chi connectivity index (χ0n) is 17.0. The number of aromatic nitrogens is 2. The number of benzene rings is 2. The molecule has 0 radical (unpaired) electrons. The van der Waals surface area contributed by atoms with Gasteiger partial charge < -0.3 is 19.7 Å². The van der Waals surface area contributed by atoms with E-state index in [1.54, 1.807) is 24.5 Å². The van der Waals surface area contributed by atoms with Crippen LogP contribution in [0, 0.1) is 11.6 Å². The molecule has 7 nitrogen and oxygen atoms in total. The van der Waals surface area contributed by atoms with E-state index in [2.05, 4.69) is 15.3 Å². The van der Waals surface area contributed by atoms with E-state index in [4.69, 9.17) is 21.1 Å². The van der Waals surface area contributed by atoms with Crippen molar-refractivity contribution in [3.05, 3.63) is 59.4 Å². The summed E-state index contributed by atoms with van der Waals surface area (Å²) >= 11 is 5.62. The molecule has 1 N–H and O–H groups in total. The van der Waals surface area contributed by atoms with Crippen molar-refractivity contribution in [1.82, 2.24) is 14.9 Å². The van der Waals surface area contributed by atoms with E-state index in [9.17, 15) is 13.6 Å². The van der Waals surface area contributed by atoms with Crippen molar-refractivity contribution in [2.24, 2.45) is 0 Å². The number of hydrogen-bond acceptors (Lipinski definition) is 7. The number of methoxy groups -OCH3 is 1. The largest absolute Gasteiger partial charge is 0.493 e. The van der Waals surface area contributed by atoms with Gasteiger partial charge in [0.15, 0.2) is 17.3 Å².